The van der Waals surface area contributed by atoms with E-state index in [4.69, 9.17) is 9.47 Å². The Bertz CT molecular complexity index is 125. The molecule has 0 aliphatic carbocycles. The molecule has 0 aromatic carbocycles. The number of likely N-dealkylation sites (N-methyl/N-ethyl adjacent to an activating group) is 1. The third-order valence-corrected chi connectivity index (χ3v) is 1.79. The zero-order valence-electron chi connectivity index (χ0n) is 8.76. The summed E-state index contributed by atoms with van der Waals surface area (Å²) >= 11 is 0. The molecule has 0 saturated heterocycles. The molecule has 0 aromatic heterocycles. The maximum absolute atomic E-state index is 11.7. The number of hydrogen-bond acceptors (Lipinski definition) is 3. The van der Waals surface area contributed by atoms with Gasteiger partial charge < -0.3 is 14.8 Å². The molecule has 1 atom stereocenters. The van der Waals surface area contributed by atoms with Crippen LogP contribution in [0.2, 0.25) is 0 Å². The van der Waals surface area contributed by atoms with Crippen LogP contribution in [0.15, 0.2) is 0 Å². The Hall–Kier alpha value is -0.260. The highest BCUT2D eigenvalue weighted by atomic mass is 19.3. The predicted molar refractivity (Wildman–Crippen MR) is 50.8 cm³/mol. The highest BCUT2D eigenvalue weighted by Gasteiger charge is 2.07. The fraction of sp³-hybridized carbons (Fsp3) is 1.00. The second-order valence-corrected chi connectivity index (χ2v) is 2.90. The normalized spacial score (nSPS) is 13.5. The molecule has 0 fully saturated rings. The van der Waals surface area contributed by atoms with Gasteiger partial charge in [-0.05, 0) is 20.4 Å². The molecule has 0 heterocycles. The summed E-state index contributed by atoms with van der Waals surface area (Å²) < 4.78 is 33.3. The van der Waals surface area contributed by atoms with Crippen molar-refractivity contribution in [3.63, 3.8) is 0 Å². The predicted octanol–water partition coefficient (Wildman–Crippen LogP) is 1.28. The lowest BCUT2D eigenvalue weighted by Crippen LogP contribution is -2.31. The van der Waals surface area contributed by atoms with Gasteiger partial charge >= 0.3 is 0 Å². The Kier molecular flexibility index (Phi) is 9.13. The summed E-state index contributed by atoms with van der Waals surface area (Å²) in [6, 6.07) is 0.174. The fourth-order valence-corrected chi connectivity index (χ4v) is 0.969. The first-order valence-electron chi connectivity index (χ1n) is 4.81. The minimum Gasteiger partial charge on any atom is -0.380 e. The van der Waals surface area contributed by atoms with Crippen LogP contribution in [0.25, 0.3) is 0 Å². The van der Waals surface area contributed by atoms with Crippen molar-refractivity contribution < 1.29 is 18.3 Å². The van der Waals surface area contributed by atoms with Crippen LogP contribution in [0.3, 0.4) is 0 Å². The van der Waals surface area contributed by atoms with Gasteiger partial charge in [0.15, 0.2) is 0 Å². The Morgan fingerprint density at radius 1 is 1.21 bits per heavy atom. The summed E-state index contributed by atoms with van der Waals surface area (Å²) in [5, 5.41) is 3.03. The van der Waals surface area contributed by atoms with Crippen LogP contribution in [-0.4, -0.2) is 45.9 Å². The second kappa shape index (κ2) is 9.30. The number of hydrogen-bond donors (Lipinski definition) is 1. The molecule has 0 aromatic rings. The van der Waals surface area contributed by atoms with Crippen molar-refractivity contribution in [1.29, 1.82) is 0 Å². The van der Waals surface area contributed by atoms with E-state index >= 15 is 0 Å². The number of alkyl halides is 2. The lowest BCUT2D eigenvalue weighted by Gasteiger charge is -2.15. The lowest BCUT2D eigenvalue weighted by molar-refractivity contribution is 0.0111. The average molecular weight is 211 g/mol. The Morgan fingerprint density at radius 3 is 2.43 bits per heavy atom. The highest BCUT2D eigenvalue weighted by molar-refractivity contribution is 4.62. The third kappa shape index (κ3) is 8.34. The van der Waals surface area contributed by atoms with Crippen LogP contribution in [-0.2, 0) is 9.47 Å². The van der Waals surface area contributed by atoms with Crippen LogP contribution >= 0.6 is 0 Å². The van der Waals surface area contributed by atoms with E-state index in [2.05, 4.69) is 5.32 Å². The molecule has 3 nitrogen and oxygen atoms in total. The van der Waals surface area contributed by atoms with E-state index in [-0.39, 0.29) is 6.04 Å². The molecule has 1 unspecified atom stereocenters. The van der Waals surface area contributed by atoms with Gasteiger partial charge in [0.1, 0.15) is 6.61 Å². The van der Waals surface area contributed by atoms with Crippen molar-refractivity contribution in [3.05, 3.63) is 0 Å². The zero-order chi connectivity index (χ0) is 10.8. The van der Waals surface area contributed by atoms with Gasteiger partial charge in [0, 0.05) is 19.3 Å². The van der Waals surface area contributed by atoms with Gasteiger partial charge in [-0.3, -0.25) is 0 Å². The first-order chi connectivity index (χ1) is 6.70. The molecule has 86 valence electrons. The van der Waals surface area contributed by atoms with E-state index in [1.807, 2.05) is 14.0 Å². The number of rotatable bonds is 9. The molecule has 0 rings (SSSR count). The summed E-state index contributed by atoms with van der Waals surface area (Å²) in [5.74, 6) is 0. The van der Waals surface area contributed by atoms with Crippen LogP contribution in [0.1, 0.15) is 13.3 Å². The van der Waals surface area contributed by atoms with E-state index in [0.29, 0.717) is 26.2 Å². The van der Waals surface area contributed by atoms with Gasteiger partial charge in [0.2, 0.25) is 0 Å². The van der Waals surface area contributed by atoms with E-state index < -0.39 is 13.0 Å². The monoisotopic (exact) mass is 211 g/mol. The Balaban J connectivity index is 3.33. The SMILES string of the molecule is CCOCC(CCOCC(F)F)NC. The third-order valence-electron chi connectivity index (χ3n) is 1.79. The molecule has 5 heteroatoms. The topological polar surface area (TPSA) is 30.5 Å². The molecular weight excluding hydrogens is 192 g/mol. The van der Waals surface area contributed by atoms with Crippen LogP contribution in [0.5, 0.6) is 0 Å². The van der Waals surface area contributed by atoms with Crippen LogP contribution < -0.4 is 5.32 Å². The van der Waals surface area contributed by atoms with Gasteiger partial charge in [-0.25, -0.2) is 8.78 Å². The van der Waals surface area contributed by atoms with Crippen molar-refractivity contribution in [2.75, 3.05) is 33.5 Å². The summed E-state index contributed by atoms with van der Waals surface area (Å²) in [7, 11) is 1.82. The first-order valence-corrected chi connectivity index (χ1v) is 4.81. The highest BCUT2D eigenvalue weighted by Crippen LogP contribution is 1.97. The summed E-state index contributed by atoms with van der Waals surface area (Å²) in [5.41, 5.74) is 0. The quantitative estimate of drug-likeness (QED) is 0.583. The van der Waals surface area contributed by atoms with E-state index in [1.54, 1.807) is 0 Å². The molecule has 0 bridgehead atoms. The maximum Gasteiger partial charge on any atom is 0.261 e. The molecule has 0 amide bonds. The van der Waals surface area contributed by atoms with E-state index in [9.17, 15) is 8.78 Å². The average Bonchev–Trinajstić information content (AvgIpc) is 2.16. The number of ether oxygens (including phenoxy) is 2. The summed E-state index contributed by atoms with van der Waals surface area (Å²) in [6.45, 7) is 3.02. The molecule has 0 radical (unpaired) electrons. The van der Waals surface area contributed by atoms with Gasteiger partial charge in [-0.1, -0.05) is 0 Å². The molecule has 0 aliphatic heterocycles. The van der Waals surface area contributed by atoms with Gasteiger partial charge in [-0.2, -0.15) is 0 Å². The smallest absolute Gasteiger partial charge is 0.261 e. The minimum atomic E-state index is -2.38. The molecule has 1 N–H and O–H groups in total. The molecule has 0 aliphatic rings. The Labute approximate surface area is 83.8 Å². The Morgan fingerprint density at radius 2 is 1.93 bits per heavy atom. The maximum atomic E-state index is 11.7. The zero-order valence-corrected chi connectivity index (χ0v) is 8.76. The minimum absolute atomic E-state index is 0.174. The van der Waals surface area contributed by atoms with Crippen molar-refractivity contribution in [3.8, 4) is 0 Å². The van der Waals surface area contributed by atoms with Crippen molar-refractivity contribution in [2.24, 2.45) is 0 Å². The summed E-state index contributed by atoms with van der Waals surface area (Å²) in [6.07, 6.45) is -1.70. The number of halogens is 2. The van der Waals surface area contributed by atoms with E-state index in [0.717, 1.165) is 0 Å². The fourth-order valence-electron chi connectivity index (χ4n) is 0.969. The summed E-state index contributed by atoms with van der Waals surface area (Å²) in [4.78, 5) is 0. The first kappa shape index (κ1) is 13.7. The van der Waals surface area contributed by atoms with Crippen LogP contribution in [0.4, 0.5) is 8.78 Å². The lowest BCUT2D eigenvalue weighted by atomic mass is 10.2. The van der Waals surface area contributed by atoms with Crippen molar-refractivity contribution in [1.82, 2.24) is 5.32 Å². The van der Waals surface area contributed by atoms with Crippen molar-refractivity contribution in [2.45, 2.75) is 25.8 Å². The number of nitrogens with one attached hydrogen (secondary N) is 1. The standard InChI is InChI=1S/C9H19F2NO2/c1-3-13-6-8(12-2)4-5-14-7-9(10)11/h8-9,12H,3-7H2,1-2H3. The van der Waals surface area contributed by atoms with Gasteiger partial charge in [-0.15, -0.1) is 0 Å². The van der Waals surface area contributed by atoms with Crippen LogP contribution in [0, 0.1) is 0 Å². The second-order valence-electron chi connectivity index (χ2n) is 2.90. The molecule has 14 heavy (non-hydrogen) atoms. The largest absolute Gasteiger partial charge is 0.380 e. The molecular formula is C9H19F2NO2. The van der Waals surface area contributed by atoms with Gasteiger partial charge in [0.05, 0.1) is 6.61 Å². The molecule has 0 saturated carbocycles. The van der Waals surface area contributed by atoms with Gasteiger partial charge in [0.25, 0.3) is 6.43 Å². The van der Waals surface area contributed by atoms with Crippen molar-refractivity contribution >= 4 is 0 Å². The van der Waals surface area contributed by atoms with E-state index in [1.165, 1.54) is 0 Å². The molecule has 0 spiro atoms.